The van der Waals surface area contributed by atoms with E-state index >= 15 is 0 Å². The maximum absolute atomic E-state index is 12.3. The summed E-state index contributed by atoms with van der Waals surface area (Å²) >= 11 is 0. The lowest BCUT2D eigenvalue weighted by molar-refractivity contribution is -0.140. The zero-order valence-electron chi connectivity index (χ0n) is 10.9. The second kappa shape index (κ2) is 6.59. The van der Waals surface area contributed by atoms with Crippen molar-refractivity contribution in [1.29, 1.82) is 0 Å². The molecule has 1 rings (SSSR count). The van der Waals surface area contributed by atoms with E-state index in [2.05, 4.69) is 5.32 Å². The van der Waals surface area contributed by atoms with Crippen LogP contribution in [0.15, 0.2) is 0 Å². The van der Waals surface area contributed by atoms with Gasteiger partial charge in [0.1, 0.15) is 0 Å². The Morgan fingerprint density at radius 3 is 2.82 bits per heavy atom. The van der Waals surface area contributed by atoms with Crippen LogP contribution in [0.5, 0.6) is 0 Å². The van der Waals surface area contributed by atoms with Gasteiger partial charge < -0.3 is 15.0 Å². The number of likely N-dealkylation sites (N-methyl/N-ethyl adjacent to an activating group) is 1. The Kier molecular flexibility index (Phi) is 5.41. The minimum atomic E-state index is -0.0769. The van der Waals surface area contributed by atoms with Gasteiger partial charge in [-0.25, -0.2) is 0 Å². The molecule has 1 saturated heterocycles. The number of carbonyl (C=O) groups excluding carboxylic acids is 2. The molecule has 17 heavy (non-hydrogen) atoms. The standard InChI is InChI=1S/C12H22N2O3/c1-4-14(9(2)8-17-3)12(16)10-5-6-11(15)13-7-10/h9-10H,4-8H2,1-3H3,(H,13,15). The Labute approximate surface area is 102 Å². The van der Waals surface area contributed by atoms with Crippen molar-refractivity contribution in [3.8, 4) is 0 Å². The first-order valence-corrected chi connectivity index (χ1v) is 6.16. The third-order valence-electron chi connectivity index (χ3n) is 3.18. The maximum Gasteiger partial charge on any atom is 0.227 e. The van der Waals surface area contributed by atoms with E-state index in [0.29, 0.717) is 32.5 Å². The minimum Gasteiger partial charge on any atom is -0.383 e. The molecule has 1 heterocycles. The highest BCUT2D eigenvalue weighted by Gasteiger charge is 2.29. The summed E-state index contributed by atoms with van der Waals surface area (Å²) in [5.74, 6) is 0.0889. The van der Waals surface area contributed by atoms with Crippen molar-refractivity contribution in [3.63, 3.8) is 0 Å². The van der Waals surface area contributed by atoms with E-state index in [-0.39, 0.29) is 23.8 Å². The number of carbonyl (C=O) groups is 2. The summed E-state index contributed by atoms with van der Waals surface area (Å²) in [5, 5.41) is 2.75. The van der Waals surface area contributed by atoms with E-state index in [0.717, 1.165) is 0 Å². The lowest BCUT2D eigenvalue weighted by Crippen LogP contribution is -2.48. The third kappa shape index (κ3) is 3.70. The van der Waals surface area contributed by atoms with Gasteiger partial charge in [-0.05, 0) is 20.3 Å². The highest BCUT2D eigenvalue weighted by molar-refractivity contribution is 5.83. The second-order valence-corrected chi connectivity index (χ2v) is 4.47. The van der Waals surface area contributed by atoms with Crippen LogP contribution < -0.4 is 5.32 Å². The first kappa shape index (κ1) is 14.0. The Morgan fingerprint density at radius 1 is 1.65 bits per heavy atom. The fourth-order valence-corrected chi connectivity index (χ4v) is 2.19. The van der Waals surface area contributed by atoms with Crippen molar-refractivity contribution in [1.82, 2.24) is 10.2 Å². The topological polar surface area (TPSA) is 58.6 Å². The molecule has 0 aromatic rings. The highest BCUT2D eigenvalue weighted by atomic mass is 16.5. The Morgan fingerprint density at radius 2 is 2.35 bits per heavy atom. The molecule has 5 nitrogen and oxygen atoms in total. The molecule has 0 aliphatic carbocycles. The van der Waals surface area contributed by atoms with Gasteiger partial charge in [-0.1, -0.05) is 0 Å². The summed E-state index contributed by atoms with van der Waals surface area (Å²) in [5.41, 5.74) is 0. The molecule has 0 saturated carbocycles. The van der Waals surface area contributed by atoms with E-state index in [1.54, 1.807) is 7.11 Å². The van der Waals surface area contributed by atoms with Crippen LogP contribution in [0.4, 0.5) is 0 Å². The molecule has 1 aliphatic rings. The molecule has 98 valence electrons. The number of nitrogens with one attached hydrogen (secondary N) is 1. The van der Waals surface area contributed by atoms with Crippen LogP contribution in [0.1, 0.15) is 26.7 Å². The van der Waals surface area contributed by atoms with E-state index in [4.69, 9.17) is 4.74 Å². The zero-order valence-corrected chi connectivity index (χ0v) is 10.9. The van der Waals surface area contributed by atoms with Crippen molar-refractivity contribution in [2.75, 3.05) is 26.8 Å². The van der Waals surface area contributed by atoms with Crippen LogP contribution in [0, 0.1) is 5.92 Å². The van der Waals surface area contributed by atoms with E-state index < -0.39 is 0 Å². The molecule has 1 fully saturated rings. The predicted molar refractivity (Wildman–Crippen MR) is 64.5 cm³/mol. The molecule has 0 spiro atoms. The van der Waals surface area contributed by atoms with Gasteiger partial charge in [-0.3, -0.25) is 9.59 Å². The largest absolute Gasteiger partial charge is 0.383 e. The van der Waals surface area contributed by atoms with Crippen LogP contribution in [0.3, 0.4) is 0 Å². The number of amides is 2. The Hall–Kier alpha value is -1.10. The quantitative estimate of drug-likeness (QED) is 0.759. The molecule has 0 bridgehead atoms. The van der Waals surface area contributed by atoms with Crippen molar-refractivity contribution in [3.05, 3.63) is 0 Å². The van der Waals surface area contributed by atoms with Crippen LogP contribution in [0.2, 0.25) is 0 Å². The van der Waals surface area contributed by atoms with Crippen LogP contribution in [0.25, 0.3) is 0 Å². The molecular formula is C12H22N2O3. The van der Waals surface area contributed by atoms with Gasteiger partial charge in [-0.15, -0.1) is 0 Å². The number of methoxy groups -OCH3 is 1. The fraction of sp³-hybridized carbons (Fsp3) is 0.833. The molecular weight excluding hydrogens is 220 g/mol. The fourth-order valence-electron chi connectivity index (χ4n) is 2.19. The molecule has 1 aliphatic heterocycles. The molecule has 0 aromatic heterocycles. The predicted octanol–water partition coefficient (Wildman–Crippen LogP) is 0.396. The highest BCUT2D eigenvalue weighted by Crippen LogP contribution is 2.15. The minimum absolute atomic E-state index is 0.0436. The van der Waals surface area contributed by atoms with Crippen molar-refractivity contribution in [2.45, 2.75) is 32.7 Å². The average Bonchev–Trinajstić information content (AvgIpc) is 2.31. The van der Waals surface area contributed by atoms with Crippen molar-refractivity contribution < 1.29 is 14.3 Å². The molecule has 1 N–H and O–H groups in total. The van der Waals surface area contributed by atoms with E-state index in [9.17, 15) is 9.59 Å². The first-order valence-electron chi connectivity index (χ1n) is 6.16. The molecule has 0 radical (unpaired) electrons. The van der Waals surface area contributed by atoms with Gasteiger partial charge in [0.25, 0.3) is 0 Å². The molecule has 5 heteroatoms. The molecule has 2 atom stereocenters. The van der Waals surface area contributed by atoms with E-state index in [1.165, 1.54) is 0 Å². The zero-order chi connectivity index (χ0) is 12.8. The average molecular weight is 242 g/mol. The first-order chi connectivity index (χ1) is 8.10. The van der Waals surface area contributed by atoms with Gasteiger partial charge in [0.15, 0.2) is 0 Å². The lowest BCUT2D eigenvalue weighted by Gasteiger charge is -2.32. The summed E-state index contributed by atoms with van der Waals surface area (Å²) < 4.78 is 5.08. The third-order valence-corrected chi connectivity index (χ3v) is 3.18. The Balaban J connectivity index is 2.56. The maximum atomic E-state index is 12.3. The number of hydrogen-bond donors (Lipinski definition) is 1. The molecule has 2 unspecified atom stereocenters. The van der Waals surface area contributed by atoms with Crippen molar-refractivity contribution >= 4 is 11.8 Å². The van der Waals surface area contributed by atoms with Crippen LogP contribution in [-0.4, -0.2) is 49.6 Å². The van der Waals surface area contributed by atoms with Crippen molar-refractivity contribution in [2.24, 2.45) is 5.92 Å². The second-order valence-electron chi connectivity index (χ2n) is 4.47. The number of ether oxygens (including phenoxy) is 1. The van der Waals surface area contributed by atoms with Gasteiger partial charge in [0.05, 0.1) is 18.6 Å². The summed E-state index contributed by atoms with van der Waals surface area (Å²) in [6, 6.07) is 0.0788. The monoisotopic (exact) mass is 242 g/mol. The van der Waals surface area contributed by atoms with Gasteiger partial charge in [0, 0.05) is 26.6 Å². The number of rotatable bonds is 5. The van der Waals surface area contributed by atoms with Crippen LogP contribution in [-0.2, 0) is 14.3 Å². The van der Waals surface area contributed by atoms with Gasteiger partial charge >= 0.3 is 0 Å². The van der Waals surface area contributed by atoms with Gasteiger partial charge in [0.2, 0.25) is 11.8 Å². The normalized spacial score (nSPS) is 21.8. The number of nitrogens with zero attached hydrogens (tertiary/aromatic N) is 1. The lowest BCUT2D eigenvalue weighted by atomic mass is 9.97. The van der Waals surface area contributed by atoms with Crippen LogP contribution >= 0.6 is 0 Å². The number of hydrogen-bond acceptors (Lipinski definition) is 3. The summed E-state index contributed by atoms with van der Waals surface area (Å²) in [4.78, 5) is 25.1. The SMILES string of the molecule is CCN(C(=O)C1CCC(=O)NC1)C(C)COC. The Bertz CT molecular complexity index is 271. The van der Waals surface area contributed by atoms with Gasteiger partial charge in [-0.2, -0.15) is 0 Å². The summed E-state index contributed by atoms with van der Waals surface area (Å²) in [7, 11) is 1.63. The smallest absolute Gasteiger partial charge is 0.227 e. The summed E-state index contributed by atoms with van der Waals surface area (Å²) in [6.45, 7) is 5.62. The number of piperidine rings is 1. The van der Waals surface area contributed by atoms with E-state index in [1.807, 2.05) is 18.7 Å². The molecule has 0 aromatic carbocycles. The molecule has 2 amide bonds. The summed E-state index contributed by atoms with van der Waals surface area (Å²) in [6.07, 6.45) is 1.10.